The summed E-state index contributed by atoms with van der Waals surface area (Å²) in [7, 11) is -3.57. The van der Waals surface area contributed by atoms with Crippen LogP contribution in [0.15, 0.2) is 29.2 Å². The van der Waals surface area contributed by atoms with E-state index in [1.165, 1.54) is 17.0 Å². The van der Waals surface area contributed by atoms with Crippen LogP contribution in [0, 0.1) is 6.92 Å². The van der Waals surface area contributed by atoms with Crippen LogP contribution in [0.25, 0.3) is 0 Å². The predicted octanol–water partition coefficient (Wildman–Crippen LogP) is 0.471. The molecular formula is C15H19NO6S. The van der Waals surface area contributed by atoms with Gasteiger partial charge in [0.1, 0.15) is 0 Å². The molecule has 8 heteroatoms. The quantitative estimate of drug-likeness (QED) is 0.835. The molecule has 0 spiro atoms. The minimum Gasteiger partial charge on any atom is -0.480 e. The van der Waals surface area contributed by atoms with E-state index in [2.05, 4.69) is 0 Å². The number of sulfone groups is 1. The predicted molar refractivity (Wildman–Crippen MR) is 81.8 cm³/mol. The number of hydrogen-bond acceptors (Lipinski definition) is 5. The molecule has 1 heterocycles. The number of ether oxygens (including phenoxy) is 1. The first-order chi connectivity index (χ1) is 10.8. The van der Waals surface area contributed by atoms with E-state index in [9.17, 15) is 18.0 Å². The smallest absolute Gasteiger partial charge is 0.328 e. The molecule has 0 radical (unpaired) electrons. The van der Waals surface area contributed by atoms with Crippen molar-refractivity contribution in [3.8, 4) is 0 Å². The minimum absolute atomic E-state index is 0.0776. The van der Waals surface area contributed by atoms with Crippen molar-refractivity contribution in [3.63, 3.8) is 0 Å². The molecule has 0 saturated carbocycles. The zero-order valence-corrected chi connectivity index (χ0v) is 13.6. The monoisotopic (exact) mass is 341 g/mol. The number of morpholine rings is 1. The van der Waals surface area contributed by atoms with Crippen molar-refractivity contribution in [3.05, 3.63) is 29.8 Å². The van der Waals surface area contributed by atoms with E-state index in [1.54, 1.807) is 12.1 Å². The van der Waals surface area contributed by atoms with Gasteiger partial charge in [-0.2, -0.15) is 0 Å². The Hall–Kier alpha value is -1.93. The van der Waals surface area contributed by atoms with Crippen LogP contribution < -0.4 is 0 Å². The summed E-state index contributed by atoms with van der Waals surface area (Å²) < 4.78 is 29.5. The fourth-order valence-electron chi connectivity index (χ4n) is 2.34. The number of carbonyl (C=O) groups is 2. The second-order valence-corrected chi connectivity index (χ2v) is 7.51. The fourth-order valence-corrected chi connectivity index (χ4v) is 3.57. The summed E-state index contributed by atoms with van der Waals surface area (Å²) in [5.74, 6) is -1.99. The van der Waals surface area contributed by atoms with Gasteiger partial charge < -0.3 is 14.7 Å². The molecule has 1 amide bonds. The Bertz CT molecular complexity index is 682. The molecule has 0 unspecified atom stereocenters. The van der Waals surface area contributed by atoms with Gasteiger partial charge in [0.2, 0.25) is 5.91 Å². The average molecular weight is 341 g/mol. The zero-order valence-electron chi connectivity index (χ0n) is 12.8. The molecule has 23 heavy (non-hydrogen) atoms. The van der Waals surface area contributed by atoms with Gasteiger partial charge in [0, 0.05) is 13.0 Å². The first-order valence-electron chi connectivity index (χ1n) is 7.21. The molecule has 126 valence electrons. The Morgan fingerprint density at radius 3 is 2.57 bits per heavy atom. The van der Waals surface area contributed by atoms with Gasteiger partial charge in [0.05, 0.1) is 23.9 Å². The highest BCUT2D eigenvalue weighted by molar-refractivity contribution is 7.91. The second kappa shape index (κ2) is 7.10. The number of rotatable bonds is 5. The van der Waals surface area contributed by atoms with E-state index >= 15 is 0 Å². The number of nitrogens with zero attached hydrogens (tertiary/aromatic N) is 1. The van der Waals surface area contributed by atoms with E-state index in [-0.39, 0.29) is 36.8 Å². The molecule has 1 aromatic rings. The van der Waals surface area contributed by atoms with Crippen LogP contribution in [0.4, 0.5) is 0 Å². The maximum atomic E-state index is 12.2. The molecular weight excluding hydrogens is 322 g/mol. The number of carboxylic acid groups (broad SMARTS) is 1. The van der Waals surface area contributed by atoms with Crippen molar-refractivity contribution in [2.45, 2.75) is 24.3 Å². The maximum Gasteiger partial charge on any atom is 0.328 e. The second-order valence-electron chi connectivity index (χ2n) is 5.40. The van der Waals surface area contributed by atoms with Crippen molar-refractivity contribution in [2.75, 3.05) is 25.5 Å². The standard InChI is InChI=1S/C15H19NO6S/c1-11-2-4-12(5-3-11)23(20,21)9-6-14(17)16-7-8-22-10-13(16)15(18)19/h2-5,13H,6-10H2,1H3,(H,18,19)/t13-/m1/s1. The highest BCUT2D eigenvalue weighted by Gasteiger charge is 2.33. The molecule has 1 atom stereocenters. The molecule has 1 fully saturated rings. The number of carboxylic acids is 1. The molecule has 1 saturated heterocycles. The van der Waals surface area contributed by atoms with Gasteiger partial charge in [-0.05, 0) is 19.1 Å². The molecule has 0 aromatic heterocycles. The number of benzene rings is 1. The SMILES string of the molecule is Cc1ccc(S(=O)(=O)CCC(=O)N2CCOC[C@@H]2C(=O)O)cc1. The Balaban J connectivity index is 2.02. The molecule has 2 rings (SSSR count). The van der Waals surface area contributed by atoms with Gasteiger partial charge in [-0.15, -0.1) is 0 Å². The summed E-state index contributed by atoms with van der Waals surface area (Å²) in [4.78, 5) is 24.7. The van der Waals surface area contributed by atoms with Gasteiger partial charge in [-0.25, -0.2) is 13.2 Å². The Labute approximate surface area is 134 Å². The summed E-state index contributed by atoms with van der Waals surface area (Å²) in [6.45, 7) is 2.18. The Morgan fingerprint density at radius 2 is 1.96 bits per heavy atom. The third-order valence-electron chi connectivity index (χ3n) is 3.70. The van der Waals surface area contributed by atoms with Gasteiger partial charge in [0.15, 0.2) is 15.9 Å². The van der Waals surface area contributed by atoms with Crippen LogP contribution in [-0.2, 0) is 24.2 Å². The van der Waals surface area contributed by atoms with Crippen molar-refractivity contribution >= 4 is 21.7 Å². The van der Waals surface area contributed by atoms with Crippen molar-refractivity contribution < 1.29 is 27.9 Å². The number of aryl methyl sites for hydroxylation is 1. The van der Waals surface area contributed by atoms with Crippen LogP contribution in [0.1, 0.15) is 12.0 Å². The first kappa shape index (κ1) is 17.4. The lowest BCUT2D eigenvalue weighted by atomic mass is 10.2. The van der Waals surface area contributed by atoms with Crippen LogP contribution in [-0.4, -0.2) is 61.9 Å². The average Bonchev–Trinajstić information content (AvgIpc) is 2.53. The first-order valence-corrected chi connectivity index (χ1v) is 8.86. The zero-order chi connectivity index (χ0) is 17.0. The number of carbonyl (C=O) groups excluding carboxylic acids is 1. The maximum absolute atomic E-state index is 12.2. The molecule has 0 aliphatic carbocycles. The molecule has 1 aliphatic rings. The number of aliphatic carboxylic acids is 1. The molecule has 1 aliphatic heterocycles. The highest BCUT2D eigenvalue weighted by Crippen LogP contribution is 2.15. The Morgan fingerprint density at radius 1 is 1.30 bits per heavy atom. The van der Waals surface area contributed by atoms with E-state index in [1.807, 2.05) is 6.92 Å². The summed E-state index contributed by atoms with van der Waals surface area (Å²) in [6, 6.07) is 5.33. The van der Waals surface area contributed by atoms with Crippen LogP contribution in [0.5, 0.6) is 0 Å². The summed E-state index contributed by atoms with van der Waals surface area (Å²) in [5, 5.41) is 9.10. The third-order valence-corrected chi connectivity index (χ3v) is 5.43. The normalized spacial score (nSPS) is 18.7. The van der Waals surface area contributed by atoms with Crippen molar-refractivity contribution in [2.24, 2.45) is 0 Å². The largest absolute Gasteiger partial charge is 0.480 e. The van der Waals surface area contributed by atoms with Gasteiger partial charge in [-0.1, -0.05) is 17.7 Å². The highest BCUT2D eigenvalue weighted by atomic mass is 32.2. The van der Waals surface area contributed by atoms with Crippen LogP contribution >= 0.6 is 0 Å². The minimum atomic E-state index is -3.57. The van der Waals surface area contributed by atoms with Gasteiger partial charge in [-0.3, -0.25) is 4.79 Å². The topological polar surface area (TPSA) is 101 Å². The molecule has 7 nitrogen and oxygen atoms in total. The van der Waals surface area contributed by atoms with E-state index in [0.29, 0.717) is 0 Å². The summed E-state index contributed by atoms with van der Waals surface area (Å²) in [6.07, 6.45) is -0.250. The van der Waals surface area contributed by atoms with E-state index in [0.717, 1.165) is 5.56 Å². The van der Waals surface area contributed by atoms with E-state index in [4.69, 9.17) is 9.84 Å². The third kappa shape index (κ3) is 4.29. The summed E-state index contributed by atoms with van der Waals surface area (Å²) in [5.41, 5.74) is 0.942. The van der Waals surface area contributed by atoms with Crippen LogP contribution in [0.2, 0.25) is 0 Å². The van der Waals surface area contributed by atoms with Crippen molar-refractivity contribution in [1.29, 1.82) is 0 Å². The number of hydrogen-bond donors (Lipinski definition) is 1. The van der Waals surface area contributed by atoms with Gasteiger partial charge >= 0.3 is 5.97 Å². The molecule has 1 N–H and O–H groups in total. The molecule has 0 bridgehead atoms. The van der Waals surface area contributed by atoms with Gasteiger partial charge in [0.25, 0.3) is 0 Å². The number of amides is 1. The van der Waals surface area contributed by atoms with E-state index < -0.39 is 27.8 Å². The fraction of sp³-hybridized carbons (Fsp3) is 0.467. The summed E-state index contributed by atoms with van der Waals surface area (Å²) >= 11 is 0. The van der Waals surface area contributed by atoms with Crippen molar-refractivity contribution in [1.82, 2.24) is 4.90 Å². The lowest BCUT2D eigenvalue weighted by Crippen LogP contribution is -2.52. The van der Waals surface area contributed by atoms with Crippen LogP contribution in [0.3, 0.4) is 0 Å². The lowest BCUT2D eigenvalue weighted by molar-refractivity contribution is -0.158. The Kier molecular flexibility index (Phi) is 5.38. The molecule has 1 aromatic carbocycles. The lowest BCUT2D eigenvalue weighted by Gasteiger charge is -2.32.